The molecule has 160 valence electrons. The maximum atomic E-state index is 12.8. The Morgan fingerprint density at radius 1 is 1.37 bits per heavy atom. The quantitative estimate of drug-likeness (QED) is 0.513. The molecule has 4 rings (SSSR count). The molecule has 1 aromatic heterocycles. The molecule has 2 aliphatic rings. The van der Waals surface area contributed by atoms with Crippen molar-refractivity contribution >= 4 is 16.6 Å². The highest BCUT2D eigenvalue weighted by atomic mass is 16.5. The number of nitrogens with zero attached hydrogens (tertiary/aromatic N) is 4. The SMILES string of the molecule is COc1c(N2CCC(C)(CNCCC#N)C2)ccc2c(=O)n(N)c(=O)n(C3CC3)c12. The van der Waals surface area contributed by atoms with Crippen molar-refractivity contribution in [1.29, 1.82) is 5.26 Å². The minimum Gasteiger partial charge on any atom is -0.492 e. The molecule has 1 atom stereocenters. The number of methoxy groups -OCH3 is 1. The molecule has 1 aliphatic carbocycles. The summed E-state index contributed by atoms with van der Waals surface area (Å²) in [4.78, 5) is 27.7. The highest BCUT2D eigenvalue weighted by Crippen LogP contribution is 2.43. The Morgan fingerprint density at radius 2 is 2.13 bits per heavy atom. The summed E-state index contributed by atoms with van der Waals surface area (Å²) >= 11 is 0. The van der Waals surface area contributed by atoms with Crippen LogP contribution in [0.4, 0.5) is 5.69 Å². The average molecular weight is 412 g/mol. The third-order valence-corrected chi connectivity index (χ3v) is 6.19. The number of hydrogen-bond acceptors (Lipinski definition) is 7. The van der Waals surface area contributed by atoms with Crippen molar-refractivity contribution in [1.82, 2.24) is 14.6 Å². The van der Waals surface area contributed by atoms with Crippen molar-refractivity contribution in [2.75, 3.05) is 44.0 Å². The van der Waals surface area contributed by atoms with Crippen molar-refractivity contribution in [2.45, 2.75) is 38.6 Å². The lowest BCUT2D eigenvalue weighted by Gasteiger charge is -2.27. The van der Waals surface area contributed by atoms with Crippen molar-refractivity contribution in [3.63, 3.8) is 0 Å². The lowest BCUT2D eigenvalue weighted by Crippen LogP contribution is -2.44. The van der Waals surface area contributed by atoms with Crippen LogP contribution in [0.1, 0.15) is 38.6 Å². The van der Waals surface area contributed by atoms with Gasteiger partial charge in [-0.25, -0.2) is 4.79 Å². The molecule has 0 bridgehead atoms. The van der Waals surface area contributed by atoms with Crippen LogP contribution < -0.4 is 32.0 Å². The fraction of sp³-hybridized carbons (Fsp3) is 0.571. The molecule has 0 spiro atoms. The number of nitrogen functional groups attached to an aromatic ring is 1. The van der Waals surface area contributed by atoms with Crippen LogP contribution in [0.3, 0.4) is 0 Å². The maximum absolute atomic E-state index is 12.8. The molecule has 2 heterocycles. The molecule has 1 saturated heterocycles. The van der Waals surface area contributed by atoms with E-state index in [-0.39, 0.29) is 11.5 Å². The lowest BCUT2D eigenvalue weighted by molar-refractivity contribution is 0.345. The first kappa shape index (κ1) is 20.3. The van der Waals surface area contributed by atoms with Gasteiger partial charge in [-0.15, -0.1) is 0 Å². The van der Waals surface area contributed by atoms with E-state index in [1.807, 2.05) is 6.07 Å². The van der Waals surface area contributed by atoms with Gasteiger partial charge in [-0.05, 0) is 36.8 Å². The van der Waals surface area contributed by atoms with Gasteiger partial charge in [-0.3, -0.25) is 9.36 Å². The fourth-order valence-corrected chi connectivity index (χ4v) is 4.43. The summed E-state index contributed by atoms with van der Waals surface area (Å²) in [5, 5.41) is 12.5. The molecule has 1 saturated carbocycles. The molecule has 30 heavy (non-hydrogen) atoms. The van der Waals surface area contributed by atoms with Gasteiger partial charge in [0.25, 0.3) is 5.56 Å². The van der Waals surface area contributed by atoms with Crippen molar-refractivity contribution < 1.29 is 4.74 Å². The van der Waals surface area contributed by atoms with Crippen LogP contribution in [0.2, 0.25) is 0 Å². The Labute approximate surface area is 174 Å². The fourth-order valence-electron chi connectivity index (χ4n) is 4.43. The van der Waals surface area contributed by atoms with E-state index in [9.17, 15) is 9.59 Å². The molecule has 9 heteroatoms. The summed E-state index contributed by atoms with van der Waals surface area (Å²) in [6, 6.07) is 5.84. The van der Waals surface area contributed by atoms with Gasteiger partial charge < -0.3 is 20.8 Å². The molecular formula is C21H28N6O3. The van der Waals surface area contributed by atoms with E-state index in [4.69, 9.17) is 15.8 Å². The van der Waals surface area contributed by atoms with E-state index in [2.05, 4.69) is 23.2 Å². The molecule has 0 amide bonds. The maximum Gasteiger partial charge on any atom is 0.350 e. The topological polar surface area (TPSA) is 118 Å². The normalized spacial score (nSPS) is 21.2. The summed E-state index contributed by atoms with van der Waals surface area (Å²) in [7, 11) is 1.58. The summed E-state index contributed by atoms with van der Waals surface area (Å²) < 4.78 is 8.10. The molecule has 1 aliphatic heterocycles. The molecule has 2 fully saturated rings. The van der Waals surface area contributed by atoms with E-state index in [1.54, 1.807) is 17.7 Å². The standard InChI is InChI=1S/C21H28N6O3/c1-21(12-24-10-3-9-22)8-11-25(13-21)16-7-6-15-17(18(16)30-2)26(14-4-5-14)20(29)27(23)19(15)28/h6-7,14,24H,3-5,8,10-13,23H2,1-2H3. The minimum absolute atomic E-state index is 0.0488. The Hall–Kier alpha value is -2.99. The smallest absolute Gasteiger partial charge is 0.350 e. The summed E-state index contributed by atoms with van der Waals surface area (Å²) in [6.07, 6.45) is 3.26. The van der Waals surface area contributed by atoms with E-state index in [0.717, 1.165) is 44.6 Å². The van der Waals surface area contributed by atoms with Gasteiger partial charge in [0, 0.05) is 38.6 Å². The largest absolute Gasteiger partial charge is 0.492 e. The average Bonchev–Trinajstić information content (AvgIpc) is 3.50. The first-order valence-electron chi connectivity index (χ1n) is 10.4. The van der Waals surface area contributed by atoms with Crippen molar-refractivity contribution in [2.24, 2.45) is 5.41 Å². The molecule has 1 aromatic carbocycles. The minimum atomic E-state index is -0.510. The Bertz CT molecular complexity index is 1130. The van der Waals surface area contributed by atoms with Gasteiger partial charge in [0.1, 0.15) is 5.52 Å². The number of hydrogen-bond donors (Lipinski definition) is 2. The molecular weight excluding hydrogens is 384 g/mol. The third kappa shape index (κ3) is 3.41. The Morgan fingerprint density at radius 3 is 2.80 bits per heavy atom. The van der Waals surface area contributed by atoms with Crippen LogP contribution in [-0.4, -0.2) is 42.5 Å². The number of ether oxygens (including phenoxy) is 1. The number of anilines is 1. The second-order valence-electron chi connectivity index (χ2n) is 8.64. The zero-order chi connectivity index (χ0) is 21.5. The zero-order valence-electron chi connectivity index (χ0n) is 17.5. The van der Waals surface area contributed by atoms with E-state index in [0.29, 0.717) is 34.3 Å². The lowest BCUT2D eigenvalue weighted by atomic mass is 9.90. The van der Waals surface area contributed by atoms with E-state index in [1.165, 1.54) is 0 Å². The first-order chi connectivity index (χ1) is 14.4. The molecule has 1 unspecified atom stereocenters. The van der Waals surface area contributed by atoms with Gasteiger partial charge in [-0.2, -0.15) is 9.94 Å². The van der Waals surface area contributed by atoms with Crippen molar-refractivity contribution in [3.8, 4) is 11.8 Å². The second kappa shape index (κ2) is 7.69. The van der Waals surface area contributed by atoms with Crippen LogP contribution in [-0.2, 0) is 0 Å². The predicted molar refractivity (Wildman–Crippen MR) is 115 cm³/mol. The van der Waals surface area contributed by atoms with Gasteiger partial charge in [0.05, 0.1) is 24.3 Å². The van der Waals surface area contributed by atoms with Crippen LogP contribution in [0.25, 0.3) is 10.9 Å². The highest BCUT2D eigenvalue weighted by Gasteiger charge is 2.36. The Balaban J connectivity index is 1.74. The molecule has 2 aromatic rings. The predicted octanol–water partition coefficient (Wildman–Crippen LogP) is 0.940. The first-order valence-corrected chi connectivity index (χ1v) is 10.4. The third-order valence-electron chi connectivity index (χ3n) is 6.19. The summed E-state index contributed by atoms with van der Waals surface area (Å²) in [5.41, 5.74) is 0.471. The number of nitrogens with one attached hydrogen (secondary N) is 1. The van der Waals surface area contributed by atoms with Gasteiger partial charge in [-0.1, -0.05) is 6.92 Å². The molecule has 9 nitrogen and oxygen atoms in total. The van der Waals surface area contributed by atoms with Crippen LogP contribution in [0.15, 0.2) is 21.7 Å². The monoisotopic (exact) mass is 412 g/mol. The van der Waals surface area contributed by atoms with Crippen LogP contribution in [0.5, 0.6) is 5.75 Å². The zero-order valence-corrected chi connectivity index (χ0v) is 17.5. The second-order valence-corrected chi connectivity index (χ2v) is 8.64. The van der Waals surface area contributed by atoms with Crippen molar-refractivity contribution in [3.05, 3.63) is 33.0 Å². The number of nitriles is 1. The van der Waals surface area contributed by atoms with Gasteiger partial charge in [0.2, 0.25) is 0 Å². The van der Waals surface area contributed by atoms with E-state index < -0.39 is 11.2 Å². The highest BCUT2D eigenvalue weighted by molar-refractivity contribution is 5.90. The van der Waals surface area contributed by atoms with Crippen LogP contribution in [0, 0.1) is 16.7 Å². The van der Waals surface area contributed by atoms with E-state index >= 15 is 0 Å². The number of fused-ring (bicyclic) bond motifs is 1. The number of nitrogens with two attached hydrogens (primary N) is 1. The number of benzene rings is 1. The van der Waals surface area contributed by atoms with Gasteiger partial charge in [0.15, 0.2) is 5.75 Å². The molecule has 3 N–H and O–H groups in total. The van der Waals surface area contributed by atoms with Crippen LogP contribution >= 0.6 is 0 Å². The molecule has 0 radical (unpaired) electrons. The van der Waals surface area contributed by atoms with Gasteiger partial charge >= 0.3 is 5.69 Å². The summed E-state index contributed by atoms with van der Waals surface area (Å²) in [6.45, 7) is 5.40. The Kier molecular flexibility index (Phi) is 5.20. The summed E-state index contributed by atoms with van der Waals surface area (Å²) in [5.74, 6) is 6.31. The number of aromatic nitrogens is 2. The number of rotatable bonds is 7.